The highest BCUT2D eigenvalue weighted by atomic mass is 15.2. The van der Waals surface area contributed by atoms with Crippen LogP contribution in [0, 0.1) is 17.3 Å². The van der Waals surface area contributed by atoms with Gasteiger partial charge in [-0.15, -0.1) is 0 Å². The molecular weight excluding hydrogens is 378 g/mol. The summed E-state index contributed by atoms with van der Waals surface area (Å²) in [6.07, 6.45) is 23.4. The SMILES string of the molecule is CC=C(CCC(C)NC(N)NC)C(C)=CC=CCC(C)C1=CC(C)(C)C(C)C=CC=C1. The zero-order valence-corrected chi connectivity index (χ0v) is 21.2. The fraction of sp³-hybridized carbons (Fsp3) is 0.571. The molecule has 3 nitrogen and oxygen atoms in total. The Morgan fingerprint density at radius 2 is 1.97 bits per heavy atom. The van der Waals surface area contributed by atoms with Crippen molar-refractivity contribution < 1.29 is 0 Å². The van der Waals surface area contributed by atoms with Gasteiger partial charge < -0.3 is 5.73 Å². The first-order chi connectivity index (χ1) is 14.6. The Morgan fingerprint density at radius 1 is 1.26 bits per heavy atom. The van der Waals surface area contributed by atoms with Crippen molar-refractivity contribution in [3.8, 4) is 0 Å². The van der Waals surface area contributed by atoms with Crippen molar-refractivity contribution in [1.82, 2.24) is 10.6 Å². The lowest BCUT2D eigenvalue weighted by molar-refractivity contribution is 0.363. The standard InChI is InChI=1S/C28H47N3/c1-9-25(19-18-24(5)31-27(29)30-8)21(2)14-10-11-15-22(3)26-17-13-12-16-23(4)28(6,7)20-26/h9-14,16-17,20,22-24,27,30-31H,15,18-19,29H2,1-8H3. The van der Waals surface area contributed by atoms with Gasteiger partial charge in [-0.3, -0.25) is 10.6 Å². The van der Waals surface area contributed by atoms with Crippen LogP contribution in [0.3, 0.4) is 0 Å². The lowest BCUT2D eigenvalue weighted by Gasteiger charge is -2.29. The quantitative estimate of drug-likeness (QED) is 0.265. The summed E-state index contributed by atoms with van der Waals surface area (Å²) in [5.41, 5.74) is 10.2. The molecule has 0 spiro atoms. The molecule has 0 saturated carbocycles. The Balaban J connectivity index is 2.66. The van der Waals surface area contributed by atoms with E-state index < -0.39 is 0 Å². The Bertz CT molecular complexity index is 719. The van der Waals surface area contributed by atoms with Gasteiger partial charge >= 0.3 is 0 Å². The average molecular weight is 426 g/mol. The molecule has 0 aromatic rings. The van der Waals surface area contributed by atoms with E-state index in [2.05, 4.69) is 114 Å². The predicted octanol–water partition coefficient (Wildman–Crippen LogP) is 6.40. The van der Waals surface area contributed by atoms with Crippen molar-refractivity contribution in [3.63, 3.8) is 0 Å². The maximum absolute atomic E-state index is 5.90. The maximum Gasteiger partial charge on any atom is 0.109 e. The van der Waals surface area contributed by atoms with Crippen LogP contribution in [0.5, 0.6) is 0 Å². The van der Waals surface area contributed by atoms with Crippen LogP contribution in [0.4, 0.5) is 0 Å². The Labute approximate surface area is 192 Å². The first-order valence-electron chi connectivity index (χ1n) is 11.9. The minimum atomic E-state index is -0.154. The number of rotatable bonds is 11. The van der Waals surface area contributed by atoms with Crippen molar-refractivity contribution in [3.05, 3.63) is 71.4 Å². The third-order valence-electron chi connectivity index (χ3n) is 6.53. The lowest BCUT2D eigenvalue weighted by atomic mass is 9.76. The third-order valence-corrected chi connectivity index (χ3v) is 6.53. The Morgan fingerprint density at radius 3 is 2.61 bits per heavy atom. The van der Waals surface area contributed by atoms with Crippen LogP contribution in [-0.4, -0.2) is 19.4 Å². The number of nitrogens with one attached hydrogen (secondary N) is 2. The van der Waals surface area contributed by atoms with E-state index in [9.17, 15) is 0 Å². The molecule has 4 atom stereocenters. The van der Waals surface area contributed by atoms with Crippen LogP contribution in [0.25, 0.3) is 0 Å². The summed E-state index contributed by atoms with van der Waals surface area (Å²) >= 11 is 0. The molecule has 0 fully saturated rings. The molecule has 0 amide bonds. The summed E-state index contributed by atoms with van der Waals surface area (Å²) in [7, 11) is 1.87. The molecule has 1 aliphatic carbocycles. The van der Waals surface area contributed by atoms with Gasteiger partial charge in [0.25, 0.3) is 0 Å². The van der Waals surface area contributed by atoms with Crippen molar-refractivity contribution in [2.24, 2.45) is 23.0 Å². The monoisotopic (exact) mass is 425 g/mol. The molecule has 1 aliphatic rings. The second-order valence-electron chi connectivity index (χ2n) is 9.60. The number of nitrogens with two attached hydrogens (primary N) is 1. The highest BCUT2D eigenvalue weighted by molar-refractivity contribution is 5.33. The molecule has 0 aromatic heterocycles. The summed E-state index contributed by atoms with van der Waals surface area (Å²) in [4.78, 5) is 0. The maximum atomic E-state index is 5.90. The minimum absolute atomic E-state index is 0.154. The molecule has 0 heterocycles. The summed E-state index contributed by atoms with van der Waals surface area (Å²) in [5.74, 6) is 1.04. The molecular formula is C28H47N3. The van der Waals surface area contributed by atoms with Gasteiger partial charge in [-0.1, -0.05) is 82.4 Å². The van der Waals surface area contributed by atoms with Crippen molar-refractivity contribution in [2.45, 2.75) is 80.1 Å². The van der Waals surface area contributed by atoms with Crippen molar-refractivity contribution >= 4 is 0 Å². The fourth-order valence-corrected chi connectivity index (χ4v) is 3.71. The second-order valence-corrected chi connectivity index (χ2v) is 9.60. The van der Waals surface area contributed by atoms with E-state index in [-0.39, 0.29) is 11.7 Å². The molecule has 0 bridgehead atoms. The molecule has 0 saturated heterocycles. The third kappa shape index (κ3) is 9.99. The topological polar surface area (TPSA) is 50.1 Å². The van der Waals surface area contributed by atoms with Gasteiger partial charge in [0, 0.05) is 6.04 Å². The second kappa shape index (κ2) is 13.7. The number of hydrogen-bond donors (Lipinski definition) is 3. The van der Waals surface area contributed by atoms with E-state index in [1.807, 2.05) is 7.05 Å². The highest BCUT2D eigenvalue weighted by Crippen LogP contribution is 2.34. The Hall–Kier alpha value is -1.68. The van der Waals surface area contributed by atoms with Gasteiger partial charge in [0.2, 0.25) is 0 Å². The summed E-state index contributed by atoms with van der Waals surface area (Å²) in [5, 5.41) is 6.37. The zero-order chi connectivity index (χ0) is 23.4. The van der Waals surface area contributed by atoms with Crippen LogP contribution < -0.4 is 16.4 Å². The van der Waals surface area contributed by atoms with E-state index in [4.69, 9.17) is 5.73 Å². The normalized spacial score (nSPS) is 22.7. The molecule has 0 aromatic carbocycles. The molecule has 0 radical (unpaired) electrons. The summed E-state index contributed by atoms with van der Waals surface area (Å²) < 4.78 is 0. The molecule has 4 N–H and O–H groups in total. The average Bonchev–Trinajstić information content (AvgIpc) is 2.72. The van der Waals surface area contributed by atoms with Crippen molar-refractivity contribution in [2.75, 3.05) is 7.05 Å². The van der Waals surface area contributed by atoms with Gasteiger partial charge in [0.1, 0.15) is 6.29 Å². The molecule has 0 aliphatic heterocycles. The van der Waals surface area contributed by atoms with Crippen LogP contribution >= 0.6 is 0 Å². The molecule has 174 valence electrons. The molecule has 1 rings (SSSR count). The van der Waals surface area contributed by atoms with Crippen LogP contribution in [0.2, 0.25) is 0 Å². The van der Waals surface area contributed by atoms with Gasteiger partial charge in [-0.2, -0.15) is 0 Å². The van der Waals surface area contributed by atoms with E-state index >= 15 is 0 Å². The van der Waals surface area contributed by atoms with E-state index in [0.29, 0.717) is 17.9 Å². The molecule has 3 heteroatoms. The number of hydrogen-bond acceptors (Lipinski definition) is 3. The van der Waals surface area contributed by atoms with Crippen LogP contribution in [0.1, 0.15) is 67.7 Å². The van der Waals surface area contributed by atoms with Crippen LogP contribution in [-0.2, 0) is 0 Å². The van der Waals surface area contributed by atoms with Gasteiger partial charge in [0.05, 0.1) is 0 Å². The predicted molar refractivity (Wildman–Crippen MR) is 139 cm³/mol. The number of allylic oxidation sites excluding steroid dienone is 12. The summed E-state index contributed by atoms with van der Waals surface area (Å²) in [6, 6.07) is 0.369. The Kier molecular flexibility index (Phi) is 12.1. The highest BCUT2D eigenvalue weighted by Gasteiger charge is 2.23. The van der Waals surface area contributed by atoms with Gasteiger partial charge in [0.15, 0.2) is 0 Å². The van der Waals surface area contributed by atoms with E-state index in [1.165, 1.54) is 16.7 Å². The van der Waals surface area contributed by atoms with Gasteiger partial charge in [-0.25, -0.2) is 0 Å². The van der Waals surface area contributed by atoms with E-state index in [0.717, 1.165) is 19.3 Å². The lowest BCUT2D eigenvalue weighted by Crippen LogP contribution is -2.51. The smallest absolute Gasteiger partial charge is 0.109 e. The minimum Gasteiger partial charge on any atom is -0.304 e. The summed E-state index contributed by atoms with van der Waals surface area (Å²) in [6.45, 7) is 15.8. The molecule has 4 unspecified atom stereocenters. The van der Waals surface area contributed by atoms with Crippen LogP contribution in [0.15, 0.2) is 71.4 Å². The largest absolute Gasteiger partial charge is 0.304 e. The fourth-order valence-electron chi connectivity index (χ4n) is 3.71. The van der Waals surface area contributed by atoms with Gasteiger partial charge in [-0.05, 0) is 81.1 Å². The van der Waals surface area contributed by atoms with E-state index in [1.54, 1.807) is 0 Å². The zero-order valence-electron chi connectivity index (χ0n) is 21.2. The first kappa shape index (κ1) is 27.4. The first-order valence-corrected chi connectivity index (χ1v) is 11.9. The molecule has 31 heavy (non-hydrogen) atoms. The van der Waals surface area contributed by atoms with Crippen molar-refractivity contribution in [1.29, 1.82) is 0 Å².